The van der Waals surface area contributed by atoms with Crippen LogP contribution in [0.4, 0.5) is 0 Å². The molecule has 1 atom stereocenters. The van der Waals surface area contributed by atoms with Crippen LogP contribution in [0, 0.1) is 14.1 Å². The van der Waals surface area contributed by atoms with Gasteiger partial charge in [0.15, 0.2) is 0 Å². The topological polar surface area (TPSA) is 26.0 Å². The first kappa shape index (κ1) is 14.3. The maximum absolute atomic E-state index is 6.33. The molecule has 0 aliphatic rings. The number of nitrogens with two attached hydrogens (primary N) is 1. The molecule has 2 N–H and O–H groups in total. The second-order valence-corrected chi connectivity index (χ2v) is 6.74. The molecule has 94 valence electrons. The van der Waals surface area contributed by atoms with E-state index in [1.165, 1.54) is 23.8 Å². The molecule has 0 aliphatic carbocycles. The van der Waals surface area contributed by atoms with E-state index in [0.717, 1.165) is 6.42 Å². The van der Waals surface area contributed by atoms with Crippen LogP contribution < -0.4 is 5.73 Å². The summed E-state index contributed by atoms with van der Waals surface area (Å²) in [6.07, 6.45) is 0.885. The Balaban J connectivity index is 2.19. The van der Waals surface area contributed by atoms with Crippen molar-refractivity contribution in [2.45, 2.75) is 19.4 Å². The minimum absolute atomic E-state index is 0.0665. The number of hydrogen-bond donors (Lipinski definition) is 1. The van der Waals surface area contributed by atoms with Gasteiger partial charge in [-0.25, -0.2) is 0 Å². The van der Waals surface area contributed by atoms with Crippen molar-refractivity contribution >= 4 is 45.2 Å². The molecule has 0 aliphatic heterocycles. The summed E-state index contributed by atoms with van der Waals surface area (Å²) >= 11 is 4.71. The smallest absolute Gasteiger partial charge is 0.0346 e. The van der Waals surface area contributed by atoms with Gasteiger partial charge in [-0.05, 0) is 87.3 Å². The Labute approximate surface area is 135 Å². The molecule has 0 saturated carbocycles. The lowest BCUT2D eigenvalue weighted by Crippen LogP contribution is -2.15. The second kappa shape index (κ2) is 6.34. The van der Waals surface area contributed by atoms with Crippen LogP contribution in [0.1, 0.15) is 22.7 Å². The summed E-state index contributed by atoms with van der Waals surface area (Å²) in [6.45, 7) is 2.13. The fourth-order valence-electron chi connectivity index (χ4n) is 1.94. The molecule has 0 bridgehead atoms. The predicted molar refractivity (Wildman–Crippen MR) is 93.7 cm³/mol. The van der Waals surface area contributed by atoms with Gasteiger partial charge in [0.05, 0.1) is 0 Å². The Kier molecular flexibility index (Phi) is 5.03. The van der Waals surface area contributed by atoms with Gasteiger partial charge in [-0.2, -0.15) is 0 Å². The van der Waals surface area contributed by atoms with E-state index in [9.17, 15) is 0 Å². The fraction of sp³-hybridized carbons (Fsp3) is 0.200. The first-order chi connectivity index (χ1) is 8.58. The summed E-state index contributed by atoms with van der Waals surface area (Å²) in [7, 11) is 0. The van der Waals surface area contributed by atoms with E-state index in [-0.39, 0.29) is 6.04 Å². The van der Waals surface area contributed by atoms with Gasteiger partial charge in [0, 0.05) is 13.2 Å². The van der Waals surface area contributed by atoms with Crippen molar-refractivity contribution in [1.29, 1.82) is 0 Å². The van der Waals surface area contributed by atoms with Gasteiger partial charge < -0.3 is 5.73 Å². The van der Waals surface area contributed by atoms with Crippen LogP contribution in [0.15, 0.2) is 42.5 Å². The number of hydrogen-bond acceptors (Lipinski definition) is 1. The maximum atomic E-state index is 6.33. The quantitative estimate of drug-likeness (QED) is 0.670. The minimum atomic E-state index is 0.0665. The summed E-state index contributed by atoms with van der Waals surface area (Å²) in [5.41, 5.74) is 10.2. The number of benzene rings is 2. The highest BCUT2D eigenvalue weighted by molar-refractivity contribution is 14.1. The highest BCUT2D eigenvalue weighted by Crippen LogP contribution is 2.24. The molecule has 0 fully saturated rings. The van der Waals surface area contributed by atoms with Crippen LogP contribution in [0.25, 0.3) is 0 Å². The van der Waals surface area contributed by atoms with E-state index in [0.29, 0.717) is 0 Å². The van der Waals surface area contributed by atoms with Gasteiger partial charge in [0.2, 0.25) is 0 Å². The van der Waals surface area contributed by atoms with E-state index < -0.39 is 0 Å². The number of halogens is 2. The van der Waals surface area contributed by atoms with Crippen molar-refractivity contribution in [2.24, 2.45) is 5.73 Å². The monoisotopic (exact) mass is 463 g/mol. The molecule has 0 heterocycles. The van der Waals surface area contributed by atoms with Crippen molar-refractivity contribution in [3.05, 3.63) is 66.3 Å². The lowest BCUT2D eigenvalue weighted by molar-refractivity contribution is 0.717. The molecule has 1 nitrogen and oxygen atoms in total. The molecule has 0 amide bonds. The van der Waals surface area contributed by atoms with Crippen molar-refractivity contribution in [2.75, 3.05) is 0 Å². The third kappa shape index (κ3) is 3.45. The normalized spacial score (nSPS) is 12.4. The molecule has 0 radical (unpaired) electrons. The lowest BCUT2D eigenvalue weighted by Gasteiger charge is -2.15. The molecule has 2 rings (SSSR count). The first-order valence-electron chi connectivity index (χ1n) is 5.83. The van der Waals surface area contributed by atoms with Crippen molar-refractivity contribution in [3.8, 4) is 0 Å². The molecule has 3 heteroatoms. The van der Waals surface area contributed by atoms with E-state index in [1.807, 2.05) is 0 Å². The van der Waals surface area contributed by atoms with Gasteiger partial charge in [-0.15, -0.1) is 0 Å². The molecule has 18 heavy (non-hydrogen) atoms. The molecule has 0 aromatic heterocycles. The van der Waals surface area contributed by atoms with E-state index in [1.54, 1.807) is 0 Å². The molecule has 2 aromatic carbocycles. The van der Waals surface area contributed by atoms with Crippen molar-refractivity contribution in [3.63, 3.8) is 0 Å². The van der Waals surface area contributed by atoms with Crippen molar-refractivity contribution in [1.82, 2.24) is 0 Å². The Morgan fingerprint density at radius 3 is 2.39 bits per heavy atom. The predicted octanol–water partition coefficient (Wildman–Crippen LogP) is 4.45. The molecule has 0 saturated heterocycles. The third-order valence-corrected chi connectivity index (χ3v) is 5.18. The average molecular weight is 463 g/mol. The standard InChI is InChI=1S/C15H15I2N/c1-10-3-2-4-13(15(10)17)14(18)9-11-5-7-12(16)8-6-11/h2-8,14H,9,18H2,1H3. The third-order valence-electron chi connectivity index (χ3n) is 2.99. The molecule has 1 unspecified atom stereocenters. The summed E-state index contributed by atoms with van der Waals surface area (Å²) in [4.78, 5) is 0. The van der Waals surface area contributed by atoms with Crippen LogP contribution in [-0.2, 0) is 6.42 Å². The minimum Gasteiger partial charge on any atom is -0.324 e. The zero-order chi connectivity index (χ0) is 13.1. The van der Waals surface area contributed by atoms with E-state index in [2.05, 4.69) is 94.6 Å². The van der Waals surface area contributed by atoms with Crippen LogP contribution >= 0.6 is 45.2 Å². The SMILES string of the molecule is Cc1cccc(C(N)Cc2ccc(I)cc2)c1I. The number of rotatable bonds is 3. The average Bonchev–Trinajstić information content (AvgIpc) is 2.35. The summed E-state index contributed by atoms with van der Waals surface area (Å²) in [5.74, 6) is 0. The van der Waals surface area contributed by atoms with Gasteiger partial charge in [0.25, 0.3) is 0 Å². The highest BCUT2D eigenvalue weighted by Gasteiger charge is 2.11. The maximum Gasteiger partial charge on any atom is 0.0346 e. The Morgan fingerprint density at radius 1 is 1.06 bits per heavy atom. The van der Waals surface area contributed by atoms with Gasteiger partial charge in [-0.3, -0.25) is 0 Å². The summed E-state index contributed by atoms with van der Waals surface area (Å²) in [6, 6.07) is 15.0. The lowest BCUT2D eigenvalue weighted by atomic mass is 9.98. The zero-order valence-corrected chi connectivity index (χ0v) is 14.5. The van der Waals surface area contributed by atoms with E-state index >= 15 is 0 Å². The van der Waals surface area contributed by atoms with Crippen LogP contribution in [0.5, 0.6) is 0 Å². The van der Waals surface area contributed by atoms with Crippen molar-refractivity contribution < 1.29 is 0 Å². The Hall–Kier alpha value is -0.140. The van der Waals surface area contributed by atoms with Gasteiger partial charge in [-0.1, -0.05) is 30.3 Å². The van der Waals surface area contributed by atoms with Crippen LogP contribution in [0.2, 0.25) is 0 Å². The Bertz CT molecular complexity index is 535. The number of aryl methyl sites for hydroxylation is 1. The molecule has 2 aromatic rings. The Morgan fingerprint density at radius 2 is 1.72 bits per heavy atom. The highest BCUT2D eigenvalue weighted by atomic mass is 127. The zero-order valence-electron chi connectivity index (χ0n) is 10.2. The molecular formula is C15H15I2N. The summed E-state index contributed by atoms with van der Waals surface area (Å²) < 4.78 is 2.54. The van der Waals surface area contributed by atoms with E-state index in [4.69, 9.17) is 5.73 Å². The second-order valence-electron chi connectivity index (χ2n) is 4.42. The molecule has 0 spiro atoms. The van der Waals surface area contributed by atoms with Crippen LogP contribution in [-0.4, -0.2) is 0 Å². The summed E-state index contributed by atoms with van der Waals surface area (Å²) in [5, 5.41) is 0. The fourth-order valence-corrected chi connectivity index (χ4v) is 3.06. The largest absolute Gasteiger partial charge is 0.324 e. The van der Waals surface area contributed by atoms with Crippen LogP contribution in [0.3, 0.4) is 0 Å². The first-order valence-corrected chi connectivity index (χ1v) is 7.98. The van der Waals surface area contributed by atoms with Gasteiger partial charge >= 0.3 is 0 Å². The molecular weight excluding hydrogens is 448 g/mol. The van der Waals surface area contributed by atoms with Gasteiger partial charge in [0.1, 0.15) is 0 Å².